The number of nitrogens with zero attached hydrogens (tertiary/aromatic N) is 1. The number of aliphatic imine (C=N–C) groups is 1. The standard InChI is InChI=1S/C8H15N3O2S/c12-14(13)5-7(6-14)11-8-9-3-1-2-4-10-8/h7H,1-6H2,(H2,9,10,11). The first-order valence-corrected chi connectivity index (χ1v) is 6.73. The third-order valence-corrected chi connectivity index (χ3v) is 4.22. The summed E-state index contributed by atoms with van der Waals surface area (Å²) in [5.41, 5.74) is 0. The molecule has 0 aliphatic carbocycles. The lowest BCUT2D eigenvalue weighted by atomic mass is 10.3. The lowest BCUT2D eigenvalue weighted by molar-refractivity contribution is 0.548. The highest BCUT2D eigenvalue weighted by atomic mass is 32.2. The first kappa shape index (κ1) is 9.76. The molecule has 0 bridgehead atoms. The Hall–Kier alpha value is -0.780. The fraction of sp³-hybridized carbons (Fsp3) is 0.875. The van der Waals surface area contributed by atoms with Crippen molar-refractivity contribution in [3.05, 3.63) is 0 Å². The van der Waals surface area contributed by atoms with E-state index >= 15 is 0 Å². The molecule has 0 aromatic heterocycles. The number of guanidine groups is 1. The fourth-order valence-corrected chi connectivity index (χ4v) is 2.92. The van der Waals surface area contributed by atoms with Crippen LogP contribution in [0, 0.1) is 0 Å². The van der Waals surface area contributed by atoms with Crippen LogP contribution in [0.1, 0.15) is 12.8 Å². The summed E-state index contributed by atoms with van der Waals surface area (Å²) in [5.74, 6) is 1.25. The van der Waals surface area contributed by atoms with Crippen LogP contribution in [0.15, 0.2) is 4.99 Å². The van der Waals surface area contributed by atoms with Crippen LogP contribution >= 0.6 is 0 Å². The van der Waals surface area contributed by atoms with Crippen molar-refractivity contribution in [1.82, 2.24) is 10.6 Å². The minimum absolute atomic E-state index is 0.0596. The normalized spacial score (nSPS) is 26.7. The SMILES string of the molecule is O=S1(=O)CC(NC2=NCCCCN2)C1. The summed E-state index contributed by atoms with van der Waals surface area (Å²) in [7, 11) is -2.74. The summed E-state index contributed by atoms with van der Waals surface area (Å²) in [6.45, 7) is 1.75. The third-order valence-electron chi connectivity index (χ3n) is 2.40. The molecule has 14 heavy (non-hydrogen) atoms. The van der Waals surface area contributed by atoms with Crippen molar-refractivity contribution >= 4 is 15.8 Å². The van der Waals surface area contributed by atoms with E-state index in [4.69, 9.17) is 0 Å². The second-order valence-corrected chi connectivity index (χ2v) is 5.94. The molecule has 0 radical (unpaired) electrons. The Kier molecular flexibility index (Phi) is 2.62. The van der Waals surface area contributed by atoms with Gasteiger partial charge < -0.3 is 10.6 Å². The van der Waals surface area contributed by atoms with Crippen molar-refractivity contribution in [3.63, 3.8) is 0 Å². The predicted molar refractivity (Wildman–Crippen MR) is 55.1 cm³/mol. The second kappa shape index (κ2) is 3.76. The Morgan fingerprint density at radius 1 is 1.36 bits per heavy atom. The lowest BCUT2D eigenvalue weighted by Gasteiger charge is -2.28. The largest absolute Gasteiger partial charge is 0.356 e. The zero-order valence-electron chi connectivity index (χ0n) is 7.99. The van der Waals surface area contributed by atoms with Crippen LogP contribution in [0.4, 0.5) is 0 Å². The lowest BCUT2D eigenvalue weighted by Crippen LogP contribution is -2.55. The Balaban J connectivity index is 1.83. The van der Waals surface area contributed by atoms with E-state index in [0.717, 1.165) is 31.9 Å². The van der Waals surface area contributed by atoms with E-state index in [1.807, 2.05) is 0 Å². The number of rotatable bonds is 1. The van der Waals surface area contributed by atoms with Gasteiger partial charge in [-0.05, 0) is 12.8 Å². The van der Waals surface area contributed by atoms with Crippen molar-refractivity contribution in [2.45, 2.75) is 18.9 Å². The van der Waals surface area contributed by atoms with Gasteiger partial charge in [0, 0.05) is 13.1 Å². The summed E-state index contributed by atoms with van der Waals surface area (Å²) in [6.07, 6.45) is 2.22. The molecule has 6 heteroatoms. The highest BCUT2D eigenvalue weighted by Gasteiger charge is 2.33. The molecule has 0 aromatic rings. The van der Waals surface area contributed by atoms with Crippen LogP contribution in [0.3, 0.4) is 0 Å². The first-order valence-electron chi connectivity index (χ1n) is 4.91. The molecule has 2 aliphatic heterocycles. The van der Waals surface area contributed by atoms with E-state index in [1.54, 1.807) is 0 Å². The van der Waals surface area contributed by atoms with E-state index in [9.17, 15) is 8.42 Å². The Bertz CT molecular complexity index is 324. The third kappa shape index (κ3) is 2.37. The van der Waals surface area contributed by atoms with Gasteiger partial charge in [0.1, 0.15) is 0 Å². The molecular formula is C8H15N3O2S. The number of hydrogen-bond acceptors (Lipinski definition) is 5. The smallest absolute Gasteiger partial charge is 0.191 e. The van der Waals surface area contributed by atoms with E-state index in [0.29, 0.717) is 0 Å². The van der Waals surface area contributed by atoms with Gasteiger partial charge >= 0.3 is 0 Å². The van der Waals surface area contributed by atoms with Crippen LogP contribution in [-0.4, -0.2) is 45.0 Å². The molecule has 2 aliphatic rings. The maximum atomic E-state index is 10.9. The van der Waals surface area contributed by atoms with Gasteiger partial charge in [0.25, 0.3) is 0 Å². The van der Waals surface area contributed by atoms with Gasteiger partial charge in [0.05, 0.1) is 17.5 Å². The van der Waals surface area contributed by atoms with E-state index in [-0.39, 0.29) is 17.5 Å². The summed E-state index contributed by atoms with van der Waals surface area (Å²) in [5, 5.41) is 6.26. The van der Waals surface area contributed by atoms with Gasteiger partial charge in [-0.15, -0.1) is 0 Å². The first-order chi connectivity index (χ1) is 6.66. The van der Waals surface area contributed by atoms with Crippen LogP contribution in [-0.2, 0) is 9.84 Å². The Morgan fingerprint density at radius 3 is 2.86 bits per heavy atom. The topological polar surface area (TPSA) is 70.6 Å². The van der Waals surface area contributed by atoms with Gasteiger partial charge in [-0.2, -0.15) is 0 Å². The number of sulfone groups is 1. The molecule has 2 heterocycles. The van der Waals surface area contributed by atoms with Crippen molar-refractivity contribution in [1.29, 1.82) is 0 Å². The molecule has 2 N–H and O–H groups in total. The highest BCUT2D eigenvalue weighted by molar-refractivity contribution is 7.92. The molecule has 2 rings (SSSR count). The molecule has 0 amide bonds. The monoisotopic (exact) mass is 217 g/mol. The molecule has 1 saturated heterocycles. The second-order valence-electron chi connectivity index (χ2n) is 3.78. The van der Waals surface area contributed by atoms with Gasteiger partial charge in [-0.1, -0.05) is 0 Å². The number of hydrogen-bond donors (Lipinski definition) is 2. The van der Waals surface area contributed by atoms with Crippen LogP contribution < -0.4 is 10.6 Å². The van der Waals surface area contributed by atoms with Gasteiger partial charge in [-0.25, -0.2) is 8.42 Å². The van der Waals surface area contributed by atoms with Gasteiger partial charge in [0.2, 0.25) is 0 Å². The van der Waals surface area contributed by atoms with Crippen LogP contribution in [0.25, 0.3) is 0 Å². The molecule has 5 nitrogen and oxygen atoms in total. The molecule has 1 fully saturated rings. The van der Waals surface area contributed by atoms with Gasteiger partial charge in [-0.3, -0.25) is 4.99 Å². The predicted octanol–water partition coefficient (Wildman–Crippen LogP) is -0.888. The van der Waals surface area contributed by atoms with E-state index in [2.05, 4.69) is 15.6 Å². The Labute approximate surface area is 83.9 Å². The summed E-state index contributed by atoms with van der Waals surface area (Å²) >= 11 is 0. The minimum atomic E-state index is -2.74. The minimum Gasteiger partial charge on any atom is -0.356 e. The average molecular weight is 217 g/mol. The Morgan fingerprint density at radius 2 is 2.14 bits per heavy atom. The zero-order valence-corrected chi connectivity index (χ0v) is 8.81. The van der Waals surface area contributed by atoms with Crippen molar-refractivity contribution in [3.8, 4) is 0 Å². The van der Waals surface area contributed by atoms with Crippen LogP contribution in [0.5, 0.6) is 0 Å². The molecule has 80 valence electrons. The molecule has 0 spiro atoms. The highest BCUT2D eigenvalue weighted by Crippen LogP contribution is 2.09. The summed E-state index contributed by atoms with van der Waals surface area (Å²) < 4.78 is 21.8. The zero-order chi connectivity index (χ0) is 10.0. The quantitative estimate of drug-likeness (QED) is 0.598. The van der Waals surface area contributed by atoms with E-state index < -0.39 is 9.84 Å². The molecular weight excluding hydrogens is 202 g/mol. The summed E-state index contributed by atoms with van der Waals surface area (Å²) in [4.78, 5) is 4.29. The maximum absolute atomic E-state index is 10.9. The van der Waals surface area contributed by atoms with E-state index in [1.165, 1.54) is 0 Å². The van der Waals surface area contributed by atoms with Gasteiger partial charge in [0.15, 0.2) is 15.8 Å². The van der Waals surface area contributed by atoms with Crippen molar-refractivity contribution in [2.75, 3.05) is 24.6 Å². The van der Waals surface area contributed by atoms with Crippen LogP contribution in [0.2, 0.25) is 0 Å². The molecule has 0 unspecified atom stereocenters. The number of nitrogens with one attached hydrogen (secondary N) is 2. The molecule has 0 atom stereocenters. The summed E-state index contributed by atoms with van der Waals surface area (Å²) in [6, 6.07) is 0.0596. The van der Waals surface area contributed by atoms with Crippen molar-refractivity contribution in [2.24, 2.45) is 4.99 Å². The maximum Gasteiger partial charge on any atom is 0.191 e. The molecule has 0 aromatic carbocycles. The average Bonchev–Trinajstić information content (AvgIpc) is 2.29. The fourth-order valence-electron chi connectivity index (χ4n) is 1.63. The molecule has 0 saturated carbocycles. The van der Waals surface area contributed by atoms with Crippen molar-refractivity contribution < 1.29 is 8.42 Å².